The van der Waals surface area contributed by atoms with Crippen molar-refractivity contribution in [2.45, 2.75) is 19.4 Å². The second-order valence-electron chi connectivity index (χ2n) is 8.65. The smallest absolute Gasteiger partial charge is 0.225 e. The molecule has 3 heterocycles. The molecule has 2 aliphatic rings. The first-order valence-electron chi connectivity index (χ1n) is 11.4. The number of amides is 1. The van der Waals surface area contributed by atoms with Gasteiger partial charge in [0.1, 0.15) is 5.82 Å². The number of anilines is 1. The van der Waals surface area contributed by atoms with E-state index >= 15 is 0 Å². The standard InChI is InChI=1S/C24H34N6O2.HI/c1-25-24(30-10-8-18(9-11-30)23(31)29-12-14-32-15-13-29)26-17-19-16-22(28(2)3)27-21-7-5-4-6-20(19)21;/h4-7,16,18H,8-15,17H2,1-3H3,(H,25,26);1H. The van der Waals surface area contributed by atoms with Crippen molar-refractivity contribution in [3.05, 3.63) is 35.9 Å². The third kappa shape index (κ3) is 6.06. The molecule has 2 aliphatic heterocycles. The molecule has 1 aromatic heterocycles. The van der Waals surface area contributed by atoms with Crippen LogP contribution in [0, 0.1) is 5.92 Å². The highest BCUT2D eigenvalue weighted by Gasteiger charge is 2.30. The lowest BCUT2D eigenvalue weighted by atomic mass is 9.95. The van der Waals surface area contributed by atoms with Gasteiger partial charge in [0.25, 0.3) is 0 Å². The van der Waals surface area contributed by atoms with Gasteiger partial charge in [-0.15, -0.1) is 24.0 Å². The highest BCUT2D eigenvalue weighted by molar-refractivity contribution is 14.0. The molecule has 4 rings (SSSR count). The van der Waals surface area contributed by atoms with Crippen LogP contribution in [-0.4, -0.2) is 87.2 Å². The Balaban J connectivity index is 0.00000306. The van der Waals surface area contributed by atoms with Crippen molar-refractivity contribution >= 4 is 52.6 Å². The van der Waals surface area contributed by atoms with Crippen LogP contribution in [0.5, 0.6) is 0 Å². The summed E-state index contributed by atoms with van der Waals surface area (Å²) < 4.78 is 5.38. The molecule has 0 bridgehead atoms. The Kier molecular flexibility index (Phi) is 9.13. The van der Waals surface area contributed by atoms with E-state index in [4.69, 9.17) is 9.72 Å². The summed E-state index contributed by atoms with van der Waals surface area (Å²) >= 11 is 0. The van der Waals surface area contributed by atoms with Crippen molar-refractivity contribution in [1.29, 1.82) is 0 Å². The molecule has 1 aromatic carbocycles. The van der Waals surface area contributed by atoms with Gasteiger partial charge in [-0.3, -0.25) is 9.79 Å². The fourth-order valence-electron chi connectivity index (χ4n) is 4.49. The van der Waals surface area contributed by atoms with Gasteiger partial charge in [-0.05, 0) is 30.5 Å². The highest BCUT2D eigenvalue weighted by Crippen LogP contribution is 2.23. The van der Waals surface area contributed by atoms with Crippen molar-refractivity contribution in [2.24, 2.45) is 10.9 Å². The number of ether oxygens (including phenoxy) is 1. The molecule has 2 fully saturated rings. The number of likely N-dealkylation sites (tertiary alicyclic amines) is 1. The van der Waals surface area contributed by atoms with Gasteiger partial charge in [0.05, 0.1) is 18.7 Å². The molecule has 2 saturated heterocycles. The second kappa shape index (κ2) is 11.8. The molecule has 0 spiro atoms. The number of halogens is 1. The summed E-state index contributed by atoms with van der Waals surface area (Å²) in [6.45, 7) is 5.08. The summed E-state index contributed by atoms with van der Waals surface area (Å²) in [6, 6.07) is 10.4. The molecule has 1 N–H and O–H groups in total. The largest absolute Gasteiger partial charge is 0.378 e. The van der Waals surface area contributed by atoms with E-state index in [-0.39, 0.29) is 35.8 Å². The van der Waals surface area contributed by atoms with Crippen molar-refractivity contribution in [2.75, 3.05) is 65.4 Å². The zero-order valence-electron chi connectivity index (χ0n) is 19.8. The van der Waals surface area contributed by atoms with Gasteiger partial charge in [0.2, 0.25) is 5.91 Å². The van der Waals surface area contributed by atoms with Crippen LogP contribution in [0.2, 0.25) is 0 Å². The van der Waals surface area contributed by atoms with Gasteiger partial charge in [-0.25, -0.2) is 4.98 Å². The Hall–Kier alpha value is -2.14. The molecule has 2 aromatic rings. The Morgan fingerprint density at radius 1 is 1.15 bits per heavy atom. The van der Waals surface area contributed by atoms with Crippen LogP contribution in [0.4, 0.5) is 5.82 Å². The maximum atomic E-state index is 12.8. The Bertz CT molecular complexity index is 969. The lowest BCUT2D eigenvalue weighted by Crippen LogP contribution is -2.49. The topological polar surface area (TPSA) is 73.3 Å². The number of pyridine rings is 1. The number of morpholine rings is 1. The van der Waals surface area contributed by atoms with Gasteiger partial charge in [-0.1, -0.05) is 18.2 Å². The Morgan fingerprint density at radius 3 is 2.52 bits per heavy atom. The minimum atomic E-state index is 0. The molecule has 8 nitrogen and oxygen atoms in total. The number of carbonyl (C=O) groups is 1. The van der Waals surface area contributed by atoms with E-state index in [1.807, 2.05) is 43.1 Å². The van der Waals surface area contributed by atoms with Gasteiger partial charge >= 0.3 is 0 Å². The lowest BCUT2D eigenvalue weighted by molar-refractivity contribution is -0.140. The number of nitrogens with one attached hydrogen (secondary N) is 1. The van der Waals surface area contributed by atoms with E-state index in [2.05, 4.69) is 33.4 Å². The predicted molar refractivity (Wildman–Crippen MR) is 143 cm³/mol. The predicted octanol–water partition coefficient (Wildman–Crippen LogP) is 2.57. The molecule has 0 saturated carbocycles. The van der Waals surface area contributed by atoms with E-state index in [9.17, 15) is 4.79 Å². The van der Waals surface area contributed by atoms with Crippen LogP contribution >= 0.6 is 24.0 Å². The van der Waals surface area contributed by atoms with E-state index in [1.54, 1.807) is 0 Å². The van der Waals surface area contributed by atoms with E-state index in [0.717, 1.165) is 61.7 Å². The number of fused-ring (bicyclic) bond motifs is 1. The minimum absolute atomic E-state index is 0. The summed E-state index contributed by atoms with van der Waals surface area (Å²) in [5.74, 6) is 2.22. The molecule has 9 heteroatoms. The Labute approximate surface area is 213 Å². The average molecular weight is 566 g/mol. The third-order valence-corrected chi connectivity index (χ3v) is 6.36. The quantitative estimate of drug-likeness (QED) is 0.349. The molecular weight excluding hydrogens is 531 g/mol. The van der Waals surface area contributed by atoms with Gasteiger partial charge in [-0.2, -0.15) is 0 Å². The molecular formula is C24H35IN6O2. The SMILES string of the molecule is CN=C(NCc1cc(N(C)C)nc2ccccc12)N1CCC(C(=O)N2CCOCC2)CC1.I. The number of aliphatic imine (C=N–C) groups is 1. The molecule has 1 amide bonds. The molecule has 0 atom stereocenters. The number of para-hydroxylation sites is 1. The molecule has 0 unspecified atom stereocenters. The molecule has 33 heavy (non-hydrogen) atoms. The fraction of sp³-hybridized carbons (Fsp3) is 0.542. The fourth-order valence-corrected chi connectivity index (χ4v) is 4.49. The highest BCUT2D eigenvalue weighted by atomic mass is 127. The number of aromatic nitrogens is 1. The van der Waals surface area contributed by atoms with Crippen LogP contribution in [0.15, 0.2) is 35.3 Å². The maximum absolute atomic E-state index is 12.8. The molecule has 0 radical (unpaired) electrons. The van der Waals surface area contributed by atoms with Crippen molar-refractivity contribution < 1.29 is 9.53 Å². The Morgan fingerprint density at radius 2 is 1.85 bits per heavy atom. The molecule has 180 valence electrons. The maximum Gasteiger partial charge on any atom is 0.225 e. The van der Waals surface area contributed by atoms with Gasteiger partial charge in [0, 0.05) is 65.2 Å². The number of hydrogen-bond acceptors (Lipinski definition) is 5. The minimum Gasteiger partial charge on any atom is -0.378 e. The average Bonchev–Trinajstić information content (AvgIpc) is 2.84. The number of piperidine rings is 1. The van der Waals surface area contributed by atoms with Crippen LogP contribution in [0.25, 0.3) is 10.9 Å². The molecule has 0 aliphatic carbocycles. The number of guanidine groups is 1. The van der Waals surface area contributed by atoms with Crippen molar-refractivity contribution in [1.82, 2.24) is 20.1 Å². The van der Waals surface area contributed by atoms with Crippen molar-refractivity contribution in [3.63, 3.8) is 0 Å². The number of rotatable bonds is 4. The first-order chi connectivity index (χ1) is 15.6. The summed E-state index contributed by atoms with van der Waals surface area (Å²) in [5.41, 5.74) is 2.19. The zero-order chi connectivity index (χ0) is 22.5. The van der Waals surface area contributed by atoms with Crippen LogP contribution < -0.4 is 10.2 Å². The first kappa shape index (κ1) is 25.5. The van der Waals surface area contributed by atoms with Gasteiger partial charge < -0.3 is 24.8 Å². The summed E-state index contributed by atoms with van der Waals surface area (Å²) in [6.07, 6.45) is 1.72. The van der Waals surface area contributed by atoms with Gasteiger partial charge in [0.15, 0.2) is 5.96 Å². The summed E-state index contributed by atoms with van der Waals surface area (Å²) in [7, 11) is 5.84. The summed E-state index contributed by atoms with van der Waals surface area (Å²) in [4.78, 5) is 28.3. The van der Waals surface area contributed by atoms with Crippen LogP contribution in [0.1, 0.15) is 18.4 Å². The summed E-state index contributed by atoms with van der Waals surface area (Å²) in [5, 5.41) is 4.69. The van der Waals surface area contributed by atoms with Crippen LogP contribution in [-0.2, 0) is 16.1 Å². The van der Waals surface area contributed by atoms with Crippen LogP contribution in [0.3, 0.4) is 0 Å². The van der Waals surface area contributed by atoms with E-state index < -0.39 is 0 Å². The monoisotopic (exact) mass is 566 g/mol. The second-order valence-corrected chi connectivity index (χ2v) is 8.65. The lowest BCUT2D eigenvalue weighted by Gasteiger charge is -2.36. The zero-order valence-corrected chi connectivity index (χ0v) is 22.1. The number of hydrogen-bond donors (Lipinski definition) is 1. The van der Waals surface area contributed by atoms with Crippen molar-refractivity contribution in [3.8, 4) is 0 Å². The van der Waals surface area contributed by atoms with E-state index in [0.29, 0.717) is 19.8 Å². The number of nitrogens with zero attached hydrogens (tertiary/aromatic N) is 5. The van der Waals surface area contributed by atoms with E-state index in [1.165, 1.54) is 5.56 Å². The first-order valence-corrected chi connectivity index (χ1v) is 11.4. The third-order valence-electron chi connectivity index (χ3n) is 6.36. The number of benzene rings is 1. The normalized spacial score (nSPS) is 17.6. The number of carbonyl (C=O) groups excluding carboxylic acids is 1.